The molecule has 0 saturated heterocycles. The lowest BCUT2D eigenvalue weighted by Crippen LogP contribution is -2.21. The van der Waals surface area contributed by atoms with Gasteiger partial charge in [0.1, 0.15) is 11.1 Å². The number of carbonyl (C=O) groups excluding carboxylic acids is 1. The quantitative estimate of drug-likeness (QED) is 0.368. The lowest BCUT2D eigenvalue weighted by molar-refractivity contribution is -0.142. The average molecular weight is 410 g/mol. The van der Waals surface area contributed by atoms with Gasteiger partial charge in [-0.3, -0.25) is 9.36 Å². The molecule has 1 atom stereocenters. The lowest BCUT2D eigenvalue weighted by atomic mass is 10.1. The van der Waals surface area contributed by atoms with Gasteiger partial charge in [-0.2, -0.15) is 0 Å². The molecule has 0 saturated carbocycles. The van der Waals surface area contributed by atoms with E-state index < -0.39 is 0 Å². The maximum atomic E-state index is 12.4. The predicted molar refractivity (Wildman–Crippen MR) is 117 cm³/mol. The van der Waals surface area contributed by atoms with E-state index >= 15 is 0 Å². The van der Waals surface area contributed by atoms with Gasteiger partial charge in [0.25, 0.3) is 0 Å². The fourth-order valence-corrected chi connectivity index (χ4v) is 4.32. The average Bonchev–Trinajstić information content (AvgIpc) is 3.10. The number of nitrogens with zero attached hydrogens (tertiary/aromatic N) is 3. The van der Waals surface area contributed by atoms with Crippen LogP contribution in [0, 0.1) is 6.92 Å². The third kappa shape index (κ3) is 5.48. The van der Waals surface area contributed by atoms with Crippen molar-refractivity contribution in [3.05, 3.63) is 71.5 Å². The SMILES string of the molecule is CCC[C@@H](Sc1nnc(Cc2ccccc2)n1-c1cccc(C)c1)C(=O)OCC. The van der Waals surface area contributed by atoms with Crippen LogP contribution in [0.2, 0.25) is 0 Å². The number of esters is 1. The number of hydrogen-bond donors (Lipinski definition) is 0. The van der Waals surface area contributed by atoms with Crippen LogP contribution in [0.1, 0.15) is 43.6 Å². The van der Waals surface area contributed by atoms with Crippen LogP contribution in [0.5, 0.6) is 0 Å². The Morgan fingerprint density at radius 3 is 2.59 bits per heavy atom. The monoisotopic (exact) mass is 409 g/mol. The second kappa shape index (κ2) is 10.3. The molecule has 3 aromatic rings. The second-order valence-corrected chi connectivity index (χ2v) is 8.05. The first kappa shape index (κ1) is 21.1. The highest BCUT2D eigenvalue weighted by Crippen LogP contribution is 2.30. The summed E-state index contributed by atoms with van der Waals surface area (Å²) in [6, 6.07) is 18.5. The topological polar surface area (TPSA) is 57.0 Å². The lowest BCUT2D eigenvalue weighted by Gasteiger charge is -2.16. The minimum atomic E-state index is -0.294. The van der Waals surface area contributed by atoms with Crippen molar-refractivity contribution in [3.63, 3.8) is 0 Å². The second-order valence-electron chi connectivity index (χ2n) is 6.88. The number of benzene rings is 2. The minimum absolute atomic E-state index is 0.192. The molecule has 3 rings (SSSR count). The Kier molecular flexibility index (Phi) is 7.47. The van der Waals surface area contributed by atoms with Crippen LogP contribution < -0.4 is 0 Å². The van der Waals surface area contributed by atoms with Gasteiger partial charge in [0.15, 0.2) is 5.16 Å². The fraction of sp³-hybridized carbons (Fsp3) is 0.348. The zero-order valence-electron chi connectivity index (χ0n) is 17.2. The Bertz CT molecular complexity index is 940. The normalized spacial score (nSPS) is 12.0. The summed E-state index contributed by atoms with van der Waals surface area (Å²) in [6.07, 6.45) is 2.30. The predicted octanol–water partition coefficient (Wildman–Crippen LogP) is 4.99. The first-order valence-corrected chi connectivity index (χ1v) is 10.9. The summed E-state index contributed by atoms with van der Waals surface area (Å²) in [5.74, 6) is 0.658. The minimum Gasteiger partial charge on any atom is -0.465 e. The zero-order valence-corrected chi connectivity index (χ0v) is 18.0. The van der Waals surface area contributed by atoms with E-state index in [0.29, 0.717) is 18.2 Å². The van der Waals surface area contributed by atoms with Crippen LogP contribution >= 0.6 is 11.8 Å². The highest BCUT2D eigenvalue weighted by atomic mass is 32.2. The maximum absolute atomic E-state index is 12.4. The van der Waals surface area contributed by atoms with Gasteiger partial charge in [0.05, 0.1) is 6.61 Å². The van der Waals surface area contributed by atoms with E-state index in [0.717, 1.165) is 29.9 Å². The number of aryl methyl sites for hydroxylation is 1. The smallest absolute Gasteiger partial charge is 0.319 e. The third-order valence-electron chi connectivity index (χ3n) is 4.51. The van der Waals surface area contributed by atoms with Crippen molar-refractivity contribution in [2.75, 3.05) is 6.61 Å². The molecule has 2 aromatic carbocycles. The summed E-state index contributed by atoms with van der Waals surface area (Å²) < 4.78 is 7.34. The van der Waals surface area contributed by atoms with Crippen molar-refractivity contribution >= 4 is 17.7 Å². The summed E-state index contributed by atoms with van der Waals surface area (Å²) in [5.41, 5.74) is 3.33. The van der Waals surface area contributed by atoms with E-state index in [1.54, 1.807) is 0 Å². The molecule has 0 aliphatic rings. The zero-order chi connectivity index (χ0) is 20.6. The summed E-state index contributed by atoms with van der Waals surface area (Å²) >= 11 is 1.43. The highest BCUT2D eigenvalue weighted by Gasteiger charge is 2.25. The molecule has 0 aliphatic carbocycles. The summed E-state index contributed by atoms with van der Waals surface area (Å²) in [7, 11) is 0. The molecule has 0 amide bonds. The van der Waals surface area contributed by atoms with Gasteiger partial charge < -0.3 is 4.74 Å². The van der Waals surface area contributed by atoms with Gasteiger partial charge in [-0.25, -0.2) is 0 Å². The summed E-state index contributed by atoms with van der Waals surface area (Å²) in [5, 5.41) is 9.35. The summed E-state index contributed by atoms with van der Waals surface area (Å²) in [6.45, 7) is 6.34. The molecule has 152 valence electrons. The van der Waals surface area contributed by atoms with Gasteiger partial charge >= 0.3 is 5.97 Å². The molecule has 5 nitrogen and oxygen atoms in total. The van der Waals surface area contributed by atoms with Crippen LogP contribution in [0.3, 0.4) is 0 Å². The molecule has 0 fully saturated rings. The summed E-state index contributed by atoms with van der Waals surface area (Å²) in [4.78, 5) is 12.4. The van der Waals surface area contributed by atoms with Crippen molar-refractivity contribution in [2.45, 2.75) is 50.4 Å². The number of hydrogen-bond acceptors (Lipinski definition) is 5. The van der Waals surface area contributed by atoms with Crippen molar-refractivity contribution in [1.82, 2.24) is 14.8 Å². The molecule has 0 bridgehead atoms. The molecule has 29 heavy (non-hydrogen) atoms. The standard InChI is InChI=1S/C23H27N3O2S/c1-4-10-20(22(27)28-5-2)29-23-25-24-21(16-18-12-7-6-8-13-18)26(23)19-14-9-11-17(3)15-19/h6-9,11-15,20H,4-5,10,16H2,1-3H3/t20-/m1/s1. The Morgan fingerprint density at radius 2 is 1.90 bits per heavy atom. The van der Waals surface area contributed by atoms with Crippen LogP contribution in [0.15, 0.2) is 59.8 Å². The molecule has 0 spiro atoms. The van der Waals surface area contributed by atoms with Crippen molar-refractivity contribution < 1.29 is 9.53 Å². The first-order chi connectivity index (χ1) is 14.1. The Morgan fingerprint density at radius 1 is 1.10 bits per heavy atom. The van der Waals surface area contributed by atoms with Gasteiger partial charge in [0.2, 0.25) is 0 Å². The van der Waals surface area contributed by atoms with E-state index in [1.807, 2.05) is 37.3 Å². The van der Waals surface area contributed by atoms with Crippen molar-refractivity contribution in [3.8, 4) is 5.69 Å². The molecule has 6 heteroatoms. The fourth-order valence-electron chi connectivity index (χ4n) is 3.15. The maximum Gasteiger partial charge on any atom is 0.319 e. The molecule has 0 unspecified atom stereocenters. The van der Waals surface area contributed by atoms with Crippen LogP contribution in [-0.4, -0.2) is 32.6 Å². The van der Waals surface area contributed by atoms with Gasteiger partial charge in [-0.1, -0.05) is 67.6 Å². The molecule has 0 aliphatic heterocycles. The van der Waals surface area contributed by atoms with Gasteiger partial charge in [0, 0.05) is 12.1 Å². The van der Waals surface area contributed by atoms with Crippen LogP contribution in [-0.2, 0) is 16.0 Å². The Hall–Kier alpha value is -2.60. The number of aromatic nitrogens is 3. The Balaban J connectivity index is 1.99. The van der Waals surface area contributed by atoms with E-state index in [2.05, 4.69) is 52.9 Å². The number of rotatable bonds is 9. The van der Waals surface area contributed by atoms with Gasteiger partial charge in [-0.15, -0.1) is 10.2 Å². The van der Waals surface area contributed by atoms with Gasteiger partial charge in [-0.05, 0) is 43.5 Å². The van der Waals surface area contributed by atoms with E-state index in [4.69, 9.17) is 4.74 Å². The molecule has 0 radical (unpaired) electrons. The molecular formula is C23H27N3O2S. The number of carbonyl (C=O) groups is 1. The van der Waals surface area contributed by atoms with E-state index in [9.17, 15) is 4.79 Å². The third-order valence-corrected chi connectivity index (χ3v) is 5.70. The van der Waals surface area contributed by atoms with E-state index in [1.165, 1.54) is 17.3 Å². The number of ether oxygens (including phenoxy) is 1. The van der Waals surface area contributed by atoms with Crippen molar-refractivity contribution in [1.29, 1.82) is 0 Å². The van der Waals surface area contributed by atoms with E-state index in [-0.39, 0.29) is 11.2 Å². The molecule has 1 aromatic heterocycles. The molecule has 1 heterocycles. The van der Waals surface area contributed by atoms with Crippen LogP contribution in [0.4, 0.5) is 0 Å². The largest absolute Gasteiger partial charge is 0.465 e. The Labute approximate surface area is 176 Å². The van der Waals surface area contributed by atoms with Crippen molar-refractivity contribution in [2.24, 2.45) is 0 Å². The molecular weight excluding hydrogens is 382 g/mol. The molecule has 0 N–H and O–H groups in total. The first-order valence-electron chi connectivity index (χ1n) is 10.0. The highest BCUT2D eigenvalue weighted by molar-refractivity contribution is 8.00. The van der Waals surface area contributed by atoms with Crippen LogP contribution in [0.25, 0.3) is 5.69 Å². The number of thioether (sulfide) groups is 1.